The predicted octanol–water partition coefficient (Wildman–Crippen LogP) is 5.05. The minimum absolute atomic E-state index is 0.176. The molecule has 4 rings (SSSR count). The molecule has 2 aliphatic rings. The molecule has 1 N–H and O–H groups in total. The number of carbonyl (C=O) groups is 1. The van der Waals surface area contributed by atoms with Crippen LogP contribution in [0.25, 0.3) is 0 Å². The second-order valence-corrected chi connectivity index (χ2v) is 9.07. The van der Waals surface area contributed by atoms with Crippen LogP contribution in [-0.2, 0) is 11.3 Å². The van der Waals surface area contributed by atoms with Crippen molar-refractivity contribution < 1.29 is 9.53 Å². The first-order chi connectivity index (χ1) is 14.1. The fraction of sp³-hybridized carbons (Fsp3) is 0.458. The van der Waals surface area contributed by atoms with E-state index in [1.54, 1.807) is 11.8 Å². The molecule has 0 radical (unpaired) electrons. The van der Waals surface area contributed by atoms with Crippen LogP contribution in [0.3, 0.4) is 0 Å². The Morgan fingerprint density at radius 1 is 1.14 bits per heavy atom. The number of anilines is 1. The van der Waals surface area contributed by atoms with Crippen molar-refractivity contribution in [3.05, 3.63) is 54.1 Å². The molecule has 1 aliphatic heterocycles. The summed E-state index contributed by atoms with van der Waals surface area (Å²) in [4.78, 5) is 16.4. The van der Waals surface area contributed by atoms with E-state index in [2.05, 4.69) is 52.9 Å². The van der Waals surface area contributed by atoms with Crippen molar-refractivity contribution in [2.24, 2.45) is 11.3 Å². The Labute approximate surface area is 178 Å². The first-order valence-corrected chi connectivity index (χ1v) is 11.7. The molecule has 1 amide bonds. The van der Waals surface area contributed by atoms with Gasteiger partial charge in [-0.1, -0.05) is 12.1 Å². The van der Waals surface area contributed by atoms with Crippen molar-refractivity contribution in [1.29, 1.82) is 0 Å². The number of amides is 1. The van der Waals surface area contributed by atoms with Crippen LogP contribution < -0.4 is 10.1 Å². The molecule has 2 fully saturated rings. The van der Waals surface area contributed by atoms with Crippen molar-refractivity contribution in [2.75, 3.05) is 31.3 Å². The standard InChI is InChI=1S/C24H30N2O2S/c1-3-28-20-8-4-18(5-9-20)17-26-14-12-24(13-15-26)16-22(24)23(27)25-19-6-10-21(29-2)11-7-19/h4-11,22H,3,12-17H2,1-2H3,(H,25,27). The first-order valence-electron chi connectivity index (χ1n) is 10.5. The topological polar surface area (TPSA) is 41.6 Å². The zero-order chi connectivity index (χ0) is 20.3. The number of hydrogen-bond donors (Lipinski definition) is 1. The third-order valence-electron chi connectivity index (χ3n) is 6.36. The van der Waals surface area contributed by atoms with Crippen LogP contribution in [0.1, 0.15) is 31.7 Å². The van der Waals surface area contributed by atoms with Gasteiger partial charge < -0.3 is 10.1 Å². The van der Waals surface area contributed by atoms with E-state index in [1.807, 2.05) is 19.1 Å². The predicted molar refractivity (Wildman–Crippen MR) is 120 cm³/mol. The maximum absolute atomic E-state index is 12.7. The third-order valence-corrected chi connectivity index (χ3v) is 7.10. The average Bonchev–Trinajstić information content (AvgIpc) is 3.46. The molecule has 2 aromatic rings. The number of rotatable bonds is 7. The summed E-state index contributed by atoms with van der Waals surface area (Å²) >= 11 is 1.71. The van der Waals surface area contributed by atoms with Crippen LogP contribution in [0.4, 0.5) is 5.69 Å². The maximum Gasteiger partial charge on any atom is 0.228 e. The van der Waals surface area contributed by atoms with Gasteiger partial charge in [0.25, 0.3) is 0 Å². The Morgan fingerprint density at radius 2 is 1.83 bits per heavy atom. The Hall–Kier alpha value is -1.98. The summed E-state index contributed by atoms with van der Waals surface area (Å²) in [7, 11) is 0. The van der Waals surface area contributed by atoms with Gasteiger partial charge in [-0.15, -0.1) is 11.8 Å². The van der Waals surface area contributed by atoms with Gasteiger partial charge in [0.05, 0.1) is 6.61 Å². The summed E-state index contributed by atoms with van der Waals surface area (Å²) in [5.74, 6) is 1.31. The summed E-state index contributed by atoms with van der Waals surface area (Å²) in [5, 5.41) is 3.12. The highest BCUT2D eigenvalue weighted by Gasteiger charge is 2.58. The highest BCUT2D eigenvalue weighted by Crippen LogP contribution is 2.59. The third kappa shape index (κ3) is 4.78. The van der Waals surface area contributed by atoms with E-state index in [0.29, 0.717) is 6.61 Å². The lowest BCUT2D eigenvalue weighted by molar-refractivity contribution is -0.118. The Bertz CT molecular complexity index is 827. The molecule has 4 nitrogen and oxygen atoms in total. The number of likely N-dealkylation sites (tertiary alicyclic amines) is 1. The normalized spacial score (nSPS) is 20.4. The van der Waals surface area contributed by atoms with E-state index in [9.17, 15) is 4.79 Å². The van der Waals surface area contributed by atoms with Crippen LogP contribution >= 0.6 is 11.8 Å². The van der Waals surface area contributed by atoms with Crippen molar-refractivity contribution >= 4 is 23.4 Å². The van der Waals surface area contributed by atoms with Gasteiger partial charge in [-0.25, -0.2) is 0 Å². The second-order valence-electron chi connectivity index (χ2n) is 8.19. The molecule has 1 spiro atoms. The summed E-state index contributed by atoms with van der Waals surface area (Å²) in [6.45, 7) is 5.81. The number of benzene rings is 2. The maximum atomic E-state index is 12.7. The summed E-state index contributed by atoms with van der Waals surface area (Å²) < 4.78 is 5.52. The monoisotopic (exact) mass is 410 g/mol. The largest absolute Gasteiger partial charge is 0.494 e. The molecule has 1 saturated carbocycles. The average molecular weight is 411 g/mol. The van der Waals surface area contributed by atoms with E-state index in [4.69, 9.17) is 4.74 Å². The smallest absolute Gasteiger partial charge is 0.228 e. The summed E-state index contributed by atoms with van der Waals surface area (Å²) in [5.41, 5.74) is 2.46. The van der Waals surface area contributed by atoms with Gasteiger partial charge in [0.15, 0.2) is 0 Å². The highest BCUT2D eigenvalue weighted by molar-refractivity contribution is 7.98. The number of carbonyl (C=O) groups excluding carboxylic acids is 1. The highest BCUT2D eigenvalue weighted by atomic mass is 32.2. The van der Waals surface area contributed by atoms with E-state index < -0.39 is 0 Å². The van der Waals surface area contributed by atoms with Crippen molar-refractivity contribution in [3.8, 4) is 5.75 Å². The van der Waals surface area contributed by atoms with E-state index in [0.717, 1.165) is 50.3 Å². The quantitative estimate of drug-likeness (QED) is 0.649. The van der Waals surface area contributed by atoms with Gasteiger partial charge in [-0.05, 0) is 92.9 Å². The van der Waals surface area contributed by atoms with Crippen molar-refractivity contribution in [1.82, 2.24) is 4.90 Å². The molecule has 29 heavy (non-hydrogen) atoms. The first kappa shape index (κ1) is 20.3. The zero-order valence-electron chi connectivity index (χ0n) is 17.3. The van der Waals surface area contributed by atoms with Crippen molar-refractivity contribution in [2.45, 2.75) is 37.6 Å². The van der Waals surface area contributed by atoms with Crippen LogP contribution in [0.5, 0.6) is 5.75 Å². The molecular weight excluding hydrogens is 380 g/mol. The number of nitrogens with one attached hydrogen (secondary N) is 1. The van der Waals surface area contributed by atoms with E-state index >= 15 is 0 Å². The minimum atomic E-state index is 0.176. The molecule has 1 unspecified atom stereocenters. The molecule has 0 aromatic heterocycles. The zero-order valence-corrected chi connectivity index (χ0v) is 18.1. The molecule has 2 aromatic carbocycles. The number of hydrogen-bond acceptors (Lipinski definition) is 4. The van der Waals surface area contributed by atoms with Gasteiger partial charge in [-0.3, -0.25) is 9.69 Å². The van der Waals surface area contributed by atoms with Gasteiger partial charge in [-0.2, -0.15) is 0 Å². The SMILES string of the molecule is CCOc1ccc(CN2CCC3(CC2)CC3C(=O)Nc2ccc(SC)cc2)cc1. The number of nitrogens with zero attached hydrogens (tertiary/aromatic N) is 1. The lowest BCUT2D eigenvalue weighted by atomic mass is 9.90. The fourth-order valence-corrected chi connectivity index (χ4v) is 4.86. The molecule has 1 saturated heterocycles. The van der Waals surface area contributed by atoms with Crippen LogP contribution in [0.15, 0.2) is 53.4 Å². The fourth-order valence-electron chi connectivity index (χ4n) is 4.45. The second kappa shape index (κ2) is 8.80. The molecule has 1 heterocycles. The van der Waals surface area contributed by atoms with E-state index in [1.165, 1.54) is 10.5 Å². The Morgan fingerprint density at radius 3 is 2.45 bits per heavy atom. The lowest BCUT2D eigenvalue weighted by Crippen LogP contribution is -2.35. The van der Waals surface area contributed by atoms with Gasteiger partial charge in [0.1, 0.15) is 5.75 Å². The number of ether oxygens (including phenoxy) is 1. The number of piperidine rings is 1. The van der Waals surface area contributed by atoms with Crippen molar-refractivity contribution in [3.63, 3.8) is 0 Å². The summed E-state index contributed by atoms with van der Waals surface area (Å²) in [6, 6.07) is 16.5. The van der Waals surface area contributed by atoms with E-state index in [-0.39, 0.29) is 17.2 Å². The Kier molecular flexibility index (Phi) is 6.16. The van der Waals surface area contributed by atoms with Gasteiger partial charge >= 0.3 is 0 Å². The van der Waals surface area contributed by atoms with Crippen LogP contribution in [-0.4, -0.2) is 36.8 Å². The molecule has 0 bridgehead atoms. The van der Waals surface area contributed by atoms with Crippen LogP contribution in [0, 0.1) is 11.3 Å². The van der Waals surface area contributed by atoms with Crippen LogP contribution in [0.2, 0.25) is 0 Å². The van der Waals surface area contributed by atoms with Gasteiger partial charge in [0.2, 0.25) is 5.91 Å². The lowest BCUT2D eigenvalue weighted by Gasteiger charge is -2.32. The Balaban J connectivity index is 1.25. The van der Waals surface area contributed by atoms with Gasteiger partial charge in [0, 0.05) is 23.0 Å². The minimum Gasteiger partial charge on any atom is -0.494 e. The molecule has 5 heteroatoms. The molecule has 1 aliphatic carbocycles. The molecule has 1 atom stereocenters. The summed E-state index contributed by atoms with van der Waals surface area (Å²) in [6.07, 6.45) is 5.34. The molecular formula is C24H30N2O2S. The molecule has 154 valence electrons. The number of thioether (sulfide) groups is 1.